The van der Waals surface area contributed by atoms with Gasteiger partial charge in [-0.15, -0.1) is 0 Å². The molecule has 0 saturated carbocycles. The SMILES string of the molecule is Oc1ccn(F)c1. The maximum atomic E-state index is 11.7. The van der Waals surface area contributed by atoms with Crippen LogP contribution in [-0.4, -0.2) is 9.90 Å². The van der Waals surface area contributed by atoms with E-state index in [1.165, 1.54) is 6.07 Å². The summed E-state index contributed by atoms with van der Waals surface area (Å²) in [6.07, 6.45) is 2.09. The molecule has 0 radical (unpaired) electrons. The van der Waals surface area contributed by atoms with E-state index in [-0.39, 0.29) is 10.5 Å². The molecular formula is C4H4FNO. The monoisotopic (exact) mass is 101 g/mol. The predicted molar refractivity (Wildman–Crippen MR) is 22.6 cm³/mol. The van der Waals surface area contributed by atoms with E-state index in [0.717, 1.165) is 12.4 Å². The number of aromatic nitrogens is 1. The summed E-state index contributed by atoms with van der Waals surface area (Å²) in [6.45, 7) is 0. The Morgan fingerprint density at radius 3 is 2.57 bits per heavy atom. The van der Waals surface area contributed by atoms with Gasteiger partial charge in [0.1, 0.15) is 5.75 Å². The van der Waals surface area contributed by atoms with Gasteiger partial charge in [-0.25, -0.2) is 0 Å². The van der Waals surface area contributed by atoms with Gasteiger partial charge in [-0.2, -0.15) is 4.79 Å². The van der Waals surface area contributed by atoms with E-state index in [2.05, 4.69) is 0 Å². The molecule has 0 aromatic carbocycles. The first kappa shape index (κ1) is 4.18. The molecule has 0 atom stereocenters. The molecule has 1 aromatic heterocycles. The second kappa shape index (κ2) is 1.26. The van der Waals surface area contributed by atoms with E-state index in [1.54, 1.807) is 0 Å². The summed E-state index contributed by atoms with van der Waals surface area (Å²) >= 11 is 0. The third-order valence-electron chi connectivity index (χ3n) is 0.643. The van der Waals surface area contributed by atoms with Crippen molar-refractivity contribution in [3.63, 3.8) is 0 Å². The Labute approximate surface area is 39.7 Å². The molecule has 38 valence electrons. The minimum absolute atomic E-state index is 0.0532. The third kappa shape index (κ3) is 0.707. The van der Waals surface area contributed by atoms with Crippen LogP contribution in [0.1, 0.15) is 0 Å². The minimum Gasteiger partial charge on any atom is -0.506 e. The lowest BCUT2D eigenvalue weighted by molar-refractivity contribution is 0.365. The normalized spacial score (nSPS) is 9.29. The summed E-state index contributed by atoms with van der Waals surface area (Å²) in [4.78, 5) is 0.287. The lowest BCUT2D eigenvalue weighted by atomic mass is 10.6. The van der Waals surface area contributed by atoms with Crippen LogP contribution in [0.5, 0.6) is 5.75 Å². The van der Waals surface area contributed by atoms with Crippen molar-refractivity contribution < 1.29 is 9.59 Å². The van der Waals surface area contributed by atoms with Gasteiger partial charge < -0.3 is 5.11 Å². The Balaban J connectivity index is 3.04. The average Bonchev–Trinajstić information content (AvgIpc) is 1.87. The number of halogens is 1. The fourth-order valence-corrected chi connectivity index (χ4v) is 0.360. The van der Waals surface area contributed by atoms with Crippen LogP contribution in [0.15, 0.2) is 18.5 Å². The van der Waals surface area contributed by atoms with Crippen molar-refractivity contribution in [2.24, 2.45) is 0 Å². The number of rotatable bonds is 0. The average molecular weight is 101 g/mol. The summed E-state index contributed by atoms with van der Waals surface area (Å²) in [7, 11) is 0. The molecule has 0 aliphatic carbocycles. The predicted octanol–water partition coefficient (Wildman–Crippen LogP) is 0.926. The van der Waals surface area contributed by atoms with Gasteiger partial charge in [-0.1, -0.05) is 4.48 Å². The molecule has 1 aromatic rings. The first-order valence-corrected chi connectivity index (χ1v) is 1.82. The number of hydrogen-bond donors (Lipinski definition) is 1. The Morgan fingerprint density at radius 2 is 2.43 bits per heavy atom. The standard InChI is InChI=1S/C4H4FNO/c5-6-2-1-4(7)3-6/h1-3,7H. The van der Waals surface area contributed by atoms with E-state index in [1.807, 2.05) is 0 Å². The van der Waals surface area contributed by atoms with Crippen LogP contribution in [0.25, 0.3) is 0 Å². The van der Waals surface area contributed by atoms with Gasteiger partial charge in [0, 0.05) is 12.3 Å². The van der Waals surface area contributed by atoms with Crippen LogP contribution in [0.2, 0.25) is 0 Å². The number of nitrogens with zero attached hydrogens (tertiary/aromatic N) is 1. The van der Waals surface area contributed by atoms with Gasteiger partial charge >= 0.3 is 0 Å². The summed E-state index contributed by atoms with van der Waals surface area (Å²) < 4.78 is 11.7. The van der Waals surface area contributed by atoms with Crippen LogP contribution >= 0.6 is 0 Å². The van der Waals surface area contributed by atoms with Crippen LogP contribution in [0.4, 0.5) is 4.48 Å². The molecule has 0 bridgehead atoms. The fraction of sp³-hybridized carbons (Fsp3) is 0. The second-order valence-corrected chi connectivity index (χ2v) is 1.21. The summed E-state index contributed by atoms with van der Waals surface area (Å²) in [5, 5.41) is 8.39. The highest BCUT2D eigenvalue weighted by atomic mass is 19.2. The van der Waals surface area contributed by atoms with Crippen molar-refractivity contribution in [2.45, 2.75) is 0 Å². The topological polar surface area (TPSA) is 25.2 Å². The quantitative estimate of drug-likeness (QED) is 0.516. The van der Waals surface area contributed by atoms with Gasteiger partial charge in [0.25, 0.3) is 0 Å². The molecule has 0 aliphatic heterocycles. The first-order chi connectivity index (χ1) is 3.29. The van der Waals surface area contributed by atoms with Crippen LogP contribution in [-0.2, 0) is 0 Å². The van der Waals surface area contributed by atoms with Crippen molar-refractivity contribution in [1.82, 2.24) is 4.79 Å². The smallest absolute Gasteiger partial charge is 0.136 e. The molecule has 0 amide bonds. The lowest BCUT2D eigenvalue weighted by Gasteiger charge is -1.74. The summed E-state index contributed by atoms with van der Waals surface area (Å²) in [5.74, 6) is -0.0532. The number of hydrogen-bond acceptors (Lipinski definition) is 1. The molecule has 0 saturated heterocycles. The number of aromatic hydroxyl groups is 1. The Kier molecular flexibility index (Phi) is 0.749. The highest BCUT2D eigenvalue weighted by Crippen LogP contribution is 2.05. The third-order valence-corrected chi connectivity index (χ3v) is 0.643. The molecular weight excluding hydrogens is 97.0 g/mol. The van der Waals surface area contributed by atoms with Gasteiger partial charge in [-0.3, -0.25) is 0 Å². The molecule has 1 heterocycles. The Bertz CT molecular complexity index is 144. The fourth-order valence-electron chi connectivity index (χ4n) is 0.360. The zero-order valence-corrected chi connectivity index (χ0v) is 3.50. The van der Waals surface area contributed by atoms with Crippen molar-refractivity contribution in [3.05, 3.63) is 18.5 Å². The van der Waals surface area contributed by atoms with Crippen LogP contribution < -0.4 is 0 Å². The van der Waals surface area contributed by atoms with Gasteiger partial charge in [0.2, 0.25) is 0 Å². The zero-order valence-electron chi connectivity index (χ0n) is 3.50. The van der Waals surface area contributed by atoms with Gasteiger partial charge in [-0.05, 0) is 0 Å². The van der Waals surface area contributed by atoms with Crippen molar-refractivity contribution in [3.8, 4) is 5.75 Å². The van der Waals surface area contributed by atoms with Crippen molar-refractivity contribution >= 4 is 0 Å². The maximum Gasteiger partial charge on any atom is 0.136 e. The highest BCUT2D eigenvalue weighted by Gasteiger charge is 1.86. The van der Waals surface area contributed by atoms with E-state index in [9.17, 15) is 4.48 Å². The molecule has 2 nitrogen and oxygen atoms in total. The van der Waals surface area contributed by atoms with E-state index in [4.69, 9.17) is 5.11 Å². The second-order valence-electron chi connectivity index (χ2n) is 1.21. The molecule has 0 fully saturated rings. The minimum atomic E-state index is -0.0532. The van der Waals surface area contributed by atoms with Crippen molar-refractivity contribution in [2.75, 3.05) is 0 Å². The maximum absolute atomic E-state index is 11.7. The van der Waals surface area contributed by atoms with E-state index in [0.29, 0.717) is 0 Å². The zero-order chi connectivity index (χ0) is 5.28. The van der Waals surface area contributed by atoms with E-state index < -0.39 is 0 Å². The molecule has 0 spiro atoms. The summed E-state index contributed by atoms with van der Waals surface area (Å²) in [6, 6.07) is 1.26. The van der Waals surface area contributed by atoms with Gasteiger partial charge in [0.15, 0.2) is 0 Å². The lowest BCUT2D eigenvalue weighted by Crippen LogP contribution is -1.66. The van der Waals surface area contributed by atoms with Crippen LogP contribution in [0.3, 0.4) is 0 Å². The van der Waals surface area contributed by atoms with Gasteiger partial charge in [0.05, 0.1) is 6.20 Å². The highest BCUT2D eigenvalue weighted by molar-refractivity contribution is 5.13. The molecule has 1 N–H and O–H groups in total. The Morgan fingerprint density at radius 1 is 1.71 bits per heavy atom. The molecule has 7 heavy (non-hydrogen) atoms. The summed E-state index contributed by atoms with van der Waals surface area (Å²) in [5.41, 5.74) is 0. The Hall–Kier alpha value is -0.990. The first-order valence-electron chi connectivity index (χ1n) is 1.82. The van der Waals surface area contributed by atoms with Crippen LogP contribution in [0, 0.1) is 0 Å². The molecule has 1 rings (SSSR count). The molecule has 0 aliphatic rings. The van der Waals surface area contributed by atoms with E-state index >= 15 is 0 Å². The van der Waals surface area contributed by atoms with Crippen molar-refractivity contribution in [1.29, 1.82) is 0 Å². The largest absolute Gasteiger partial charge is 0.506 e. The molecule has 3 heteroatoms. The molecule has 0 unspecified atom stereocenters.